The molecule has 0 radical (unpaired) electrons. The molecule has 4 nitrogen and oxygen atoms in total. The van der Waals surface area contributed by atoms with E-state index in [1.807, 2.05) is 6.07 Å². The van der Waals surface area contributed by atoms with Crippen LogP contribution in [0.1, 0.15) is 38.4 Å². The van der Waals surface area contributed by atoms with Gasteiger partial charge in [0.25, 0.3) is 0 Å². The molecule has 4 heteroatoms. The first kappa shape index (κ1) is 13.1. The van der Waals surface area contributed by atoms with Gasteiger partial charge in [0.15, 0.2) is 0 Å². The zero-order valence-electron chi connectivity index (χ0n) is 10.4. The van der Waals surface area contributed by atoms with Gasteiger partial charge in [-0.15, -0.1) is 0 Å². The van der Waals surface area contributed by atoms with Gasteiger partial charge in [-0.05, 0) is 26.0 Å². The lowest BCUT2D eigenvalue weighted by atomic mass is 10.1. The first-order valence-corrected chi connectivity index (χ1v) is 5.92. The maximum Gasteiger partial charge on any atom is 0.115 e. The maximum atomic E-state index is 5.85. The van der Waals surface area contributed by atoms with Crippen LogP contribution in [0.4, 0.5) is 0 Å². The summed E-state index contributed by atoms with van der Waals surface area (Å²) in [6.07, 6.45) is 5.62. The first-order valence-electron chi connectivity index (χ1n) is 5.92. The average molecular weight is 222 g/mol. The summed E-state index contributed by atoms with van der Waals surface area (Å²) in [6.45, 7) is 5.00. The Hall–Kier alpha value is -1.00. The predicted octanol–water partition coefficient (Wildman–Crippen LogP) is 1.60. The lowest BCUT2D eigenvalue weighted by Crippen LogP contribution is -2.38. The van der Waals surface area contributed by atoms with Crippen molar-refractivity contribution in [2.24, 2.45) is 5.73 Å². The fraction of sp³-hybridized carbons (Fsp3) is 0.667. The van der Waals surface area contributed by atoms with Crippen LogP contribution in [0, 0.1) is 0 Å². The number of hydrogen-bond acceptors (Lipinski definition) is 4. The van der Waals surface area contributed by atoms with Crippen molar-refractivity contribution in [1.82, 2.24) is 14.9 Å². The van der Waals surface area contributed by atoms with E-state index in [9.17, 15) is 0 Å². The van der Waals surface area contributed by atoms with Crippen molar-refractivity contribution in [2.75, 3.05) is 13.6 Å². The summed E-state index contributed by atoms with van der Waals surface area (Å²) < 4.78 is 0. The summed E-state index contributed by atoms with van der Waals surface area (Å²) in [5.74, 6) is 0. The van der Waals surface area contributed by atoms with Crippen LogP contribution in [0.25, 0.3) is 0 Å². The highest BCUT2D eigenvalue weighted by atomic mass is 15.2. The van der Waals surface area contributed by atoms with Crippen molar-refractivity contribution in [1.29, 1.82) is 0 Å². The van der Waals surface area contributed by atoms with Crippen molar-refractivity contribution in [3.63, 3.8) is 0 Å². The van der Waals surface area contributed by atoms with E-state index in [2.05, 4.69) is 35.8 Å². The van der Waals surface area contributed by atoms with Crippen molar-refractivity contribution in [3.05, 3.63) is 24.3 Å². The molecule has 0 aliphatic heterocycles. The van der Waals surface area contributed by atoms with Gasteiger partial charge in [0.2, 0.25) is 0 Å². The summed E-state index contributed by atoms with van der Waals surface area (Å²) in [5.41, 5.74) is 6.86. The predicted molar refractivity (Wildman–Crippen MR) is 66.0 cm³/mol. The van der Waals surface area contributed by atoms with Crippen LogP contribution in [-0.2, 0) is 0 Å². The fourth-order valence-electron chi connectivity index (χ4n) is 2.11. The third-order valence-electron chi connectivity index (χ3n) is 3.18. The van der Waals surface area contributed by atoms with Gasteiger partial charge < -0.3 is 5.73 Å². The lowest BCUT2D eigenvalue weighted by Gasteiger charge is -2.33. The minimum Gasteiger partial charge on any atom is -0.329 e. The topological polar surface area (TPSA) is 55.0 Å². The van der Waals surface area contributed by atoms with Crippen LogP contribution in [0.15, 0.2) is 18.6 Å². The largest absolute Gasteiger partial charge is 0.329 e. The number of hydrogen-bond donors (Lipinski definition) is 1. The zero-order valence-corrected chi connectivity index (χ0v) is 10.4. The van der Waals surface area contributed by atoms with Gasteiger partial charge >= 0.3 is 0 Å². The molecule has 0 aliphatic rings. The van der Waals surface area contributed by atoms with Gasteiger partial charge in [-0.3, -0.25) is 4.90 Å². The molecule has 0 aromatic carbocycles. The smallest absolute Gasteiger partial charge is 0.115 e. The number of likely N-dealkylation sites (N-methyl/N-ethyl adjacent to an activating group) is 1. The normalized spacial score (nSPS) is 13.4. The zero-order chi connectivity index (χ0) is 12.0. The van der Waals surface area contributed by atoms with Crippen LogP contribution >= 0.6 is 0 Å². The highest BCUT2D eigenvalue weighted by Crippen LogP contribution is 2.20. The monoisotopic (exact) mass is 222 g/mol. The summed E-state index contributed by atoms with van der Waals surface area (Å²) in [4.78, 5) is 10.5. The van der Waals surface area contributed by atoms with E-state index in [1.165, 1.54) is 0 Å². The van der Waals surface area contributed by atoms with Crippen molar-refractivity contribution in [3.8, 4) is 0 Å². The molecule has 0 aliphatic carbocycles. The van der Waals surface area contributed by atoms with Crippen LogP contribution in [0.5, 0.6) is 0 Å². The minimum atomic E-state index is 0.188. The molecule has 0 spiro atoms. The third-order valence-corrected chi connectivity index (χ3v) is 3.18. The average Bonchev–Trinajstić information content (AvgIpc) is 2.33. The third kappa shape index (κ3) is 3.00. The Labute approximate surface area is 97.9 Å². The molecular weight excluding hydrogens is 200 g/mol. The van der Waals surface area contributed by atoms with Crippen LogP contribution in [-0.4, -0.2) is 34.5 Å². The Balaban J connectivity index is 2.82. The minimum absolute atomic E-state index is 0.188. The molecule has 1 aromatic heterocycles. The van der Waals surface area contributed by atoms with E-state index >= 15 is 0 Å². The molecule has 0 saturated heterocycles. The van der Waals surface area contributed by atoms with Gasteiger partial charge in [0, 0.05) is 18.8 Å². The lowest BCUT2D eigenvalue weighted by molar-refractivity contribution is 0.164. The van der Waals surface area contributed by atoms with E-state index in [1.54, 1.807) is 12.5 Å². The molecule has 1 atom stereocenters. The highest BCUT2D eigenvalue weighted by molar-refractivity contribution is 5.06. The molecule has 0 saturated carbocycles. The maximum absolute atomic E-state index is 5.85. The van der Waals surface area contributed by atoms with Crippen molar-refractivity contribution >= 4 is 0 Å². The number of aromatic nitrogens is 2. The molecule has 0 fully saturated rings. The van der Waals surface area contributed by atoms with Gasteiger partial charge in [0.1, 0.15) is 6.33 Å². The molecule has 0 bridgehead atoms. The van der Waals surface area contributed by atoms with Crippen LogP contribution in [0.3, 0.4) is 0 Å². The second-order valence-electron chi connectivity index (χ2n) is 4.02. The molecule has 0 amide bonds. The number of nitrogens with two attached hydrogens (primary N) is 1. The van der Waals surface area contributed by atoms with E-state index in [4.69, 9.17) is 5.73 Å². The summed E-state index contributed by atoms with van der Waals surface area (Å²) in [6, 6.07) is 2.69. The molecule has 16 heavy (non-hydrogen) atoms. The van der Waals surface area contributed by atoms with Gasteiger partial charge in [-0.1, -0.05) is 13.8 Å². The second kappa shape index (κ2) is 6.55. The standard InChI is InChI=1S/C12H22N4/c1-4-10(5-2)16(3)12(8-13)11-6-7-14-9-15-11/h6-7,9-10,12H,4-5,8,13H2,1-3H3. The molecule has 90 valence electrons. The Kier molecular flexibility index (Phi) is 5.35. The molecule has 1 aromatic rings. The SMILES string of the molecule is CCC(CC)N(C)C(CN)c1ccncn1. The van der Waals surface area contributed by atoms with Crippen molar-refractivity contribution in [2.45, 2.75) is 38.8 Å². The van der Waals surface area contributed by atoms with Crippen LogP contribution in [0.2, 0.25) is 0 Å². The Bertz CT molecular complexity index is 284. The van der Waals surface area contributed by atoms with E-state index in [-0.39, 0.29) is 6.04 Å². The highest BCUT2D eigenvalue weighted by Gasteiger charge is 2.21. The Morgan fingerprint density at radius 3 is 2.50 bits per heavy atom. The Morgan fingerprint density at radius 1 is 1.38 bits per heavy atom. The second-order valence-corrected chi connectivity index (χ2v) is 4.02. The van der Waals surface area contributed by atoms with Crippen molar-refractivity contribution < 1.29 is 0 Å². The number of nitrogens with zero attached hydrogens (tertiary/aromatic N) is 3. The van der Waals surface area contributed by atoms with E-state index in [0.717, 1.165) is 18.5 Å². The summed E-state index contributed by atoms with van der Waals surface area (Å²) >= 11 is 0. The van der Waals surface area contributed by atoms with Gasteiger partial charge in [-0.2, -0.15) is 0 Å². The number of rotatable bonds is 6. The molecule has 2 N–H and O–H groups in total. The summed E-state index contributed by atoms with van der Waals surface area (Å²) in [7, 11) is 2.12. The van der Waals surface area contributed by atoms with Gasteiger partial charge in [-0.25, -0.2) is 9.97 Å². The van der Waals surface area contributed by atoms with E-state index < -0.39 is 0 Å². The molecule has 1 heterocycles. The fourth-order valence-corrected chi connectivity index (χ4v) is 2.11. The molecule has 1 unspecified atom stereocenters. The first-order chi connectivity index (χ1) is 7.74. The summed E-state index contributed by atoms with van der Waals surface area (Å²) in [5, 5.41) is 0. The van der Waals surface area contributed by atoms with E-state index in [0.29, 0.717) is 12.6 Å². The molecular formula is C12H22N4. The Morgan fingerprint density at radius 2 is 2.06 bits per heavy atom. The quantitative estimate of drug-likeness (QED) is 0.794. The van der Waals surface area contributed by atoms with Crippen LogP contribution < -0.4 is 5.73 Å². The molecule has 1 rings (SSSR count). The van der Waals surface area contributed by atoms with Gasteiger partial charge in [0.05, 0.1) is 11.7 Å².